The molecule has 0 radical (unpaired) electrons. The van der Waals surface area contributed by atoms with E-state index in [1.807, 2.05) is 0 Å². The topological polar surface area (TPSA) is 36.9 Å². The fourth-order valence-corrected chi connectivity index (χ4v) is 2.96. The molecule has 1 heterocycles. The molecule has 0 amide bonds. The maximum Gasteiger partial charge on any atom is 0.234 e. The van der Waals surface area contributed by atoms with Crippen molar-refractivity contribution < 1.29 is 19.6 Å². The number of hydrogen-bond acceptors (Lipinski definition) is 4. The summed E-state index contributed by atoms with van der Waals surface area (Å²) in [4.78, 5) is 22.4. The van der Waals surface area contributed by atoms with Gasteiger partial charge in [-0.15, -0.1) is 0 Å². The summed E-state index contributed by atoms with van der Waals surface area (Å²) in [5, 5.41) is 0. The molecule has 3 aliphatic rings. The van der Waals surface area contributed by atoms with Crippen LogP contribution in [-0.4, -0.2) is 11.6 Å². The van der Waals surface area contributed by atoms with Gasteiger partial charge in [0.15, 0.2) is 0 Å². The van der Waals surface area contributed by atoms with Crippen LogP contribution in [0.15, 0.2) is 0 Å². The zero-order valence-corrected chi connectivity index (χ0v) is 10.6. The van der Waals surface area contributed by atoms with Crippen molar-refractivity contribution in [1.82, 2.24) is 0 Å². The Bertz CT molecular complexity index is 253. The highest BCUT2D eigenvalue weighted by Gasteiger charge is 2.50. The molecule has 1 aliphatic heterocycles. The highest BCUT2D eigenvalue weighted by Crippen LogP contribution is 2.44. The van der Waals surface area contributed by atoms with E-state index < -0.39 is 11.6 Å². The van der Waals surface area contributed by atoms with Crippen LogP contribution < -0.4 is 0 Å². The molecule has 2 saturated carbocycles. The van der Waals surface area contributed by atoms with Gasteiger partial charge in [-0.1, -0.05) is 13.3 Å². The lowest BCUT2D eigenvalue weighted by Gasteiger charge is -2.46. The lowest BCUT2D eigenvalue weighted by Crippen LogP contribution is -2.52. The predicted octanol–water partition coefficient (Wildman–Crippen LogP) is 3.46. The summed E-state index contributed by atoms with van der Waals surface area (Å²) in [6.07, 6.45) is 9.19. The molecule has 4 nitrogen and oxygen atoms in total. The first-order valence-electron chi connectivity index (χ1n) is 6.96. The van der Waals surface area contributed by atoms with E-state index in [2.05, 4.69) is 6.92 Å². The number of rotatable bonds is 0. The Kier molecular flexibility index (Phi) is 3.15. The second-order valence-electron chi connectivity index (χ2n) is 5.90. The smallest absolute Gasteiger partial charge is 0.195 e. The quantitative estimate of drug-likeness (QED) is 0.609. The van der Waals surface area contributed by atoms with Crippen molar-refractivity contribution in [3.63, 3.8) is 0 Å². The summed E-state index contributed by atoms with van der Waals surface area (Å²) in [6, 6.07) is 0. The summed E-state index contributed by atoms with van der Waals surface area (Å²) in [7, 11) is 0. The van der Waals surface area contributed by atoms with Crippen molar-refractivity contribution in [2.45, 2.75) is 76.3 Å². The first kappa shape index (κ1) is 11.9. The molecule has 0 aromatic carbocycles. The van der Waals surface area contributed by atoms with E-state index in [1.165, 1.54) is 6.42 Å². The van der Waals surface area contributed by atoms with Gasteiger partial charge in [-0.3, -0.25) is 0 Å². The standard InChI is InChI=1S/C13H22O4/c1-11-5-9-13(10-6-11)16-14-12(15-17-13)7-3-2-4-8-12/h11H,2-10H2,1H3. The van der Waals surface area contributed by atoms with Crippen molar-refractivity contribution in [1.29, 1.82) is 0 Å². The van der Waals surface area contributed by atoms with Gasteiger partial charge in [0.05, 0.1) is 0 Å². The van der Waals surface area contributed by atoms with Crippen molar-refractivity contribution >= 4 is 0 Å². The molecule has 2 aliphatic carbocycles. The molecule has 0 unspecified atom stereocenters. The highest BCUT2D eigenvalue weighted by molar-refractivity contribution is 4.80. The molecule has 3 rings (SSSR count). The van der Waals surface area contributed by atoms with Gasteiger partial charge in [-0.2, -0.15) is 19.6 Å². The van der Waals surface area contributed by atoms with Crippen molar-refractivity contribution in [3.05, 3.63) is 0 Å². The third kappa shape index (κ3) is 2.36. The minimum Gasteiger partial charge on any atom is -0.195 e. The van der Waals surface area contributed by atoms with E-state index >= 15 is 0 Å². The molecule has 17 heavy (non-hydrogen) atoms. The van der Waals surface area contributed by atoms with E-state index in [9.17, 15) is 0 Å². The monoisotopic (exact) mass is 242 g/mol. The Hall–Kier alpha value is -0.160. The zero-order valence-electron chi connectivity index (χ0n) is 10.6. The number of hydrogen-bond donors (Lipinski definition) is 0. The molecule has 0 aromatic rings. The largest absolute Gasteiger partial charge is 0.234 e. The predicted molar refractivity (Wildman–Crippen MR) is 60.5 cm³/mol. The second kappa shape index (κ2) is 4.50. The van der Waals surface area contributed by atoms with Gasteiger partial charge in [0.25, 0.3) is 0 Å². The van der Waals surface area contributed by atoms with Crippen LogP contribution in [0.5, 0.6) is 0 Å². The molecule has 0 atom stereocenters. The fourth-order valence-electron chi connectivity index (χ4n) is 2.96. The molecule has 0 N–H and O–H groups in total. The van der Waals surface area contributed by atoms with Crippen LogP contribution in [0, 0.1) is 5.92 Å². The minimum absolute atomic E-state index is 0.618. The van der Waals surface area contributed by atoms with Gasteiger partial charge < -0.3 is 0 Å². The maximum atomic E-state index is 5.60. The lowest BCUT2D eigenvalue weighted by molar-refractivity contribution is -0.662. The van der Waals surface area contributed by atoms with E-state index in [0.717, 1.165) is 57.3 Å². The molecular formula is C13H22O4. The third-order valence-electron chi connectivity index (χ3n) is 4.34. The summed E-state index contributed by atoms with van der Waals surface area (Å²) < 4.78 is 0. The summed E-state index contributed by atoms with van der Waals surface area (Å²) in [6.45, 7) is 2.26. The van der Waals surface area contributed by atoms with Crippen LogP contribution in [-0.2, 0) is 19.6 Å². The van der Waals surface area contributed by atoms with Crippen LogP contribution in [0.3, 0.4) is 0 Å². The van der Waals surface area contributed by atoms with Gasteiger partial charge in [0, 0.05) is 25.7 Å². The maximum absolute atomic E-state index is 5.60. The Balaban J connectivity index is 1.59. The molecule has 2 spiro atoms. The van der Waals surface area contributed by atoms with Crippen LogP contribution in [0.1, 0.15) is 64.7 Å². The lowest BCUT2D eigenvalue weighted by atomic mass is 9.86. The van der Waals surface area contributed by atoms with Crippen LogP contribution in [0.25, 0.3) is 0 Å². The van der Waals surface area contributed by atoms with Crippen molar-refractivity contribution in [2.24, 2.45) is 5.92 Å². The van der Waals surface area contributed by atoms with Crippen LogP contribution >= 0.6 is 0 Å². The highest BCUT2D eigenvalue weighted by atomic mass is 17.4. The van der Waals surface area contributed by atoms with Gasteiger partial charge >= 0.3 is 0 Å². The second-order valence-corrected chi connectivity index (χ2v) is 5.90. The molecule has 3 fully saturated rings. The van der Waals surface area contributed by atoms with E-state index in [0.29, 0.717) is 0 Å². The Labute approximate surface area is 102 Å². The molecule has 4 heteroatoms. The van der Waals surface area contributed by atoms with E-state index in [-0.39, 0.29) is 0 Å². The Morgan fingerprint density at radius 2 is 1.18 bits per heavy atom. The molecular weight excluding hydrogens is 220 g/mol. The Morgan fingerprint density at radius 1 is 0.706 bits per heavy atom. The van der Waals surface area contributed by atoms with Crippen LogP contribution in [0.2, 0.25) is 0 Å². The van der Waals surface area contributed by atoms with Crippen molar-refractivity contribution in [2.75, 3.05) is 0 Å². The fraction of sp³-hybridized carbons (Fsp3) is 1.00. The molecule has 0 bridgehead atoms. The van der Waals surface area contributed by atoms with Gasteiger partial charge in [-0.05, 0) is 31.6 Å². The minimum atomic E-state index is -0.630. The van der Waals surface area contributed by atoms with Crippen molar-refractivity contribution in [3.8, 4) is 0 Å². The first-order chi connectivity index (χ1) is 8.22. The van der Waals surface area contributed by atoms with Gasteiger partial charge in [0.2, 0.25) is 11.6 Å². The average molecular weight is 242 g/mol. The summed E-state index contributed by atoms with van der Waals surface area (Å²) >= 11 is 0. The van der Waals surface area contributed by atoms with E-state index in [1.54, 1.807) is 0 Å². The summed E-state index contributed by atoms with van der Waals surface area (Å²) in [5.41, 5.74) is 0. The summed E-state index contributed by atoms with van der Waals surface area (Å²) in [5.74, 6) is -0.500. The third-order valence-corrected chi connectivity index (χ3v) is 4.34. The van der Waals surface area contributed by atoms with Crippen LogP contribution in [0.4, 0.5) is 0 Å². The van der Waals surface area contributed by atoms with E-state index in [4.69, 9.17) is 19.6 Å². The molecule has 98 valence electrons. The average Bonchev–Trinajstić information content (AvgIpc) is 2.38. The first-order valence-corrected chi connectivity index (χ1v) is 6.96. The SMILES string of the molecule is CC1CCC2(CC1)OOC1(CCCCC1)OO2. The normalized spacial score (nSPS) is 33.0. The Morgan fingerprint density at radius 3 is 1.71 bits per heavy atom. The zero-order chi connectivity index (χ0) is 11.8. The van der Waals surface area contributed by atoms with Gasteiger partial charge in [-0.25, -0.2) is 0 Å². The van der Waals surface area contributed by atoms with Gasteiger partial charge in [0.1, 0.15) is 0 Å². The molecule has 0 aromatic heterocycles. The molecule has 1 saturated heterocycles.